The van der Waals surface area contributed by atoms with Gasteiger partial charge in [0.1, 0.15) is 0 Å². The minimum atomic E-state index is -0.552. The Labute approximate surface area is 127 Å². The summed E-state index contributed by atoms with van der Waals surface area (Å²) in [7, 11) is 0. The van der Waals surface area contributed by atoms with Crippen molar-refractivity contribution in [3.8, 4) is 0 Å². The summed E-state index contributed by atoms with van der Waals surface area (Å²) >= 11 is 1.20. The van der Waals surface area contributed by atoms with Crippen LogP contribution in [-0.2, 0) is 9.59 Å². The van der Waals surface area contributed by atoms with E-state index in [0.29, 0.717) is 25.1 Å². The standard InChI is InChI=1S/C15H29NO3S/c1-4-6-7-9-14(18)16-10-11-20-15(19)12(3)13(17)8-5-2/h12-13,17H,4-11H2,1-3H3,(H,16,18)/t12-,13+/m0/s1. The molecule has 0 aliphatic heterocycles. The number of carbonyl (C=O) groups excluding carboxylic acids is 2. The average Bonchev–Trinajstić information content (AvgIpc) is 2.43. The summed E-state index contributed by atoms with van der Waals surface area (Å²) in [4.78, 5) is 23.2. The molecule has 0 bridgehead atoms. The highest BCUT2D eigenvalue weighted by molar-refractivity contribution is 8.13. The van der Waals surface area contributed by atoms with Gasteiger partial charge in [0.05, 0.1) is 12.0 Å². The van der Waals surface area contributed by atoms with Gasteiger partial charge in [0.25, 0.3) is 0 Å². The number of nitrogens with one attached hydrogen (secondary N) is 1. The molecule has 0 heterocycles. The molecule has 1 amide bonds. The Balaban J connectivity index is 3.68. The SMILES string of the molecule is CCCCCC(=O)NCCSC(=O)[C@@H](C)[C@H](O)CCC. The maximum absolute atomic E-state index is 11.8. The summed E-state index contributed by atoms with van der Waals surface area (Å²) < 4.78 is 0. The Morgan fingerprint density at radius 1 is 1.20 bits per heavy atom. The zero-order valence-electron chi connectivity index (χ0n) is 13.0. The van der Waals surface area contributed by atoms with Gasteiger partial charge in [-0.3, -0.25) is 9.59 Å². The Kier molecular flexibility index (Phi) is 11.9. The minimum absolute atomic E-state index is 0.00572. The van der Waals surface area contributed by atoms with E-state index >= 15 is 0 Å². The third-order valence-electron chi connectivity index (χ3n) is 3.21. The van der Waals surface area contributed by atoms with Crippen molar-refractivity contribution in [3.05, 3.63) is 0 Å². The molecule has 2 N–H and O–H groups in total. The van der Waals surface area contributed by atoms with E-state index in [4.69, 9.17) is 0 Å². The molecule has 0 saturated heterocycles. The predicted octanol–water partition coefficient (Wildman–Crippen LogP) is 2.74. The van der Waals surface area contributed by atoms with Crippen LogP contribution >= 0.6 is 11.8 Å². The number of carbonyl (C=O) groups is 2. The summed E-state index contributed by atoms with van der Waals surface area (Å²) in [6.45, 7) is 6.37. The van der Waals surface area contributed by atoms with E-state index in [2.05, 4.69) is 12.2 Å². The van der Waals surface area contributed by atoms with E-state index < -0.39 is 6.10 Å². The van der Waals surface area contributed by atoms with Gasteiger partial charge >= 0.3 is 0 Å². The Hall–Kier alpha value is -0.550. The Morgan fingerprint density at radius 2 is 1.90 bits per heavy atom. The Bertz CT molecular complexity index is 284. The second-order valence-electron chi connectivity index (χ2n) is 5.12. The molecule has 2 atom stereocenters. The van der Waals surface area contributed by atoms with Gasteiger partial charge in [-0.1, -0.05) is 51.8 Å². The molecule has 4 nitrogen and oxygen atoms in total. The quantitative estimate of drug-likeness (QED) is 0.576. The minimum Gasteiger partial charge on any atom is -0.392 e. The number of unbranched alkanes of at least 4 members (excludes halogenated alkanes) is 2. The molecule has 0 radical (unpaired) electrons. The van der Waals surface area contributed by atoms with Crippen molar-refractivity contribution in [2.24, 2.45) is 5.92 Å². The molecule has 0 saturated carbocycles. The molecule has 0 aliphatic carbocycles. The number of hydrogen-bond donors (Lipinski definition) is 2. The van der Waals surface area contributed by atoms with E-state index in [1.807, 2.05) is 6.92 Å². The number of aliphatic hydroxyl groups excluding tert-OH is 1. The van der Waals surface area contributed by atoms with E-state index in [1.54, 1.807) is 6.92 Å². The first kappa shape index (κ1) is 19.4. The molecule has 0 aromatic heterocycles. The van der Waals surface area contributed by atoms with Gasteiger partial charge < -0.3 is 10.4 Å². The number of aliphatic hydroxyl groups is 1. The van der Waals surface area contributed by atoms with E-state index in [0.717, 1.165) is 25.7 Å². The van der Waals surface area contributed by atoms with Gasteiger partial charge in [-0.15, -0.1) is 0 Å². The number of amides is 1. The van der Waals surface area contributed by atoms with Gasteiger partial charge in [0.2, 0.25) is 5.91 Å². The third-order valence-corrected chi connectivity index (χ3v) is 4.27. The molecule has 0 unspecified atom stereocenters. The number of hydrogen-bond acceptors (Lipinski definition) is 4. The fourth-order valence-electron chi connectivity index (χ4n) is 1.80. The highest BCUT2D eigenvalue weighted by atomic mass is 32.2. The zero-order valence-corrected chi connectivity index (χ0v) is 13.8. The lowest BCUT2D eigenvalue weighted by molar-refractivity contribution is -0.121. The molecular weight excluding hydrogens is 274 g/mol. The molecular formula is C15H29NO3S. The third kappa shape index (κ3) is 9.37. The lowest BCUT2D eigenvalue weighted by Crippen LogP contribution is -2.27. The molecule has 5 heteroatoms. The maximum Gasteiger partial charge on any atom is 0.220 e. The van der Waals surface area contributed by atoms with Gasteiger partial charge in [-0.2, -0.15) is 0 Å². The molecule has 0 fully saturated rings. The van der Waals surface area contributed by atoms with Crippen molar-refractivity contribution >= 4 is 22.8 Å². The normalized spacial score (nSPS) is 13.8. The van der Waals surface area contributed by atoms with Crippen molar-refractivity contribution in [2.75, 3.05) is 12.3 Å². The highest BCUT2D eigenvalue weighted by Crippen LogP contribution is 2.17. The Morgan fingerprint density at radius 3 is 2.50 bits per heavy atom. The lowest BCUT2D eigenvalue weighted by atomic mass is 10.0. The summed E-state index contributed by atoms with van der Waals surface area (Å²) in [6, 6.07) is 0. The van der Waals surface area contributed by atoms with Crippen molar-refractivity contribution in [1.82, 2.24) is 5.32 Å². The van der Waals surface area contributed by atoms with Crippen LogP contribution in [0.15, 0.2) is 0 Å². The van der Waals surface area contributed by atoms with Crippen molar-refractivity contribution < 1.29 is 14.7 Å². The molecule has 20 heavy (non-hydrogen) atoms. The largest absolute Gasteiger partial charge is 0.392 e. The predicted molar refractivity (Wildman–Crippen MR) is 84.7 cm³/mol. The molecule has 118 valence electrons. The first-order chi connectivity index (χ1) is 9.52. The van der Waals surface area contributed by atoms with E-state index in [1.165, 1.54) is 11.8 Å². The van der Waals surface area contributed by atoms with Gasteiger partial charge in [0, 0.05) is 18.7 Å². The molecule has 0 aromatic rings. The van der Waals surface area contributed by atoms with Gasteiger partial charge in [0.15, 0.2) is 5.12 Å². The fourth-order valence-corrected chi connectivity index (χ4v) is 2.63. The number of thioether (sulfide) groups is 1. The first-order valence-electron chi connectivity index (χ1n) is 7.64. The number of rotatable bonds is 11. The highest BCUT2D eigenvalue weighted by Gasteiger charge is 2.21. The summed E-state index contributed by atoms with van der Waals surface area (Å²) in [5.74, 6) is 0.299. The van der Waals surface area contributed by atoms with Gasteiger partial charge in [-0.25, -0.2) is 0 Å². The van der Waals surface area contributed by atoms with Crippen LogP contribution in [0.5, 0.6) is 0 Å². The van der Waals surface area contributed by atoms with Crippen molar-refractivity contribution in [2.45, 2.75) is 65.4 Å². The second kappa shape index (κ2) is 12.2. The van der Waals surface area contributed by atoms with Crippen molar-refractivity contribution in [3.63, 3.8) is 0 Å². The summed E-state index contributed by atoms with van der Waals surface area (Å²) in [5.41, 5.74) is 0. The van der Waals surface area contributed by atoms with Crippen molar-refractivity contribution in [1.29, 1.82) is 0 Å². The zero-order chi connectivity index (χ0) is 15.4. The van der Waals surface area contributed by atoms with E-state index in [9.17, 15) is 14.7 Å². The molecule has 0 aromatic carbocycles. The smallest absolute Gasteiger partial charge is 0.220 e. The van der Waals surface area contributed by atoms with Crippen LogP contribution in [0.4, 0.5) is 0 Å². The van der Waals surface area contributed by atoms with Crippen LogP contribution in [-0.4, -0.2) is 34.5 Å². The van der Waals surface area contributed by atoms with Gasteiger partial charge in [-0.05, 0) is 12.8 Å². The average molecular weight is 303 g/mol. The fraction of sp³-hybridized carbons (Fsp3) is 0.867. The van der Waals surface area contributed by atoms with Crippen LogP contribution in [0.1, 0.15) is 59.3 Å². The van der Waals surface area contributed by atoms with Crippen LogP contribution in [0.2, 0.25) is 0 Å². The maximum atomic E-state index is 11.8. The summed E-state index contributed by atoms with van der Waals surface area (Å²) in [6.07, 6.45) is 4.65. The molecule has 0 spiro atoms. The van der Waals surface area contributed by atoms with E-state index in [-0.39, 0.29) is 16.9 Å². The second-order valence-corrected chi connectivity index (χ2v) is 6.22. The van der Waals surface area contributed by atoms with Crippen LogP contribution in [0, 0.1) is 5.92 Å². The first-order valence-corrected chi connectivity index (χ1v) is 8.62. The molecule has 0 aliphatic rings. The van der Waals surface area contributed by atoms with Crippen LogP contribution in [0.25, 0.3) is 0 Å². The van der Waals surface area contributed by atoms with Crippen LogP contribution < -0.4 is 5.32 Å². The topological polar surface area (TPSA) is 66.4 Å². The summed E-state index contributed by atoms with van der Waals surface area (Å²) in [5, 5.41) is 12.6. The monoisotopic (exact) mass is 303 g/mol. The molecule has 0 rings (SSSR count). The van der Waals surface area contributed by atoms with Crippen LogP contribution in [0.3, 0.4) is 0 Å². The lowest BCUT2D eigenvalue weighted by Gasteiger charge is -2.16.